The van der Waals surface area contributed by atoms with Gasteiger partial charge < -0.3 is 19.1 Å². The number of benzene rings is 3. The Kier molecular flexibility index (Phi) is 6.62. The topological polar surface area (TPSA) is 51.2 Å². The number of amides is 1. The molecule has 1 amide bonds. The molecule has 176 valence electrons. The zero-order valence-electron chi connectivity index (χ0n) is 18.9. The van der Waals surface area contributed by atoms with Crippen molar-refractivity contribution in [2.24, 2.45) is 0 Å². The molecule has 0 atom stereocenters. The molecule has 0 aliphatic carbocycles. The molecule has 7 heteroatoms. The Morgan fingerprint density at radius 1 is 0.853 bits per heavy atom. The number of fused-ring (bicyclic) bond motifs is 1. The molecule has 0 saturated carbocycles. The summed E-state index contributed by atoms with van der Waals surface area (Å²) in [6, 6.07) is 19.7. The zero-order valence-corrected chi connectivity index (χ0v) is 18.9. The number of piperazine rings is 1. The molecule has 3 aromatic carbocycles. The van der Waals surface area contributed by atoms with Crippen LogP contribution in [0.2, 0.25) is 0 Å². The first-order valence-electron chi connectivity index (χ1n) is 11.5. The van der Waals surface area contributed by atoms with E-state index < -0.39 is 0 Å². The second-order valence-electron chi connectivity index (χ2n) is 8.55. The maximum Gasteiger partial charge on any atom is 0.231 e. The van der Waals surface area contributed by atoms with Crippen LogP contribution in [0.25, 0.3) is 0 Å². The van der Waals surface area contributed by atoms with Crippen LogP contribution in [0.4, 0.5) is 4.39 Å². The Labute approximate surface area is 198 Å². The van der Waals surface area contributed by atoms with Gasteiger partial charge in [0.05, 0.1) is 0 Å². The van der Waals surface area contributed by atoms with Crippen LogP contribution in [-0.4, -0.2) is 48.7 Å². The standard InChI is InChI=1S/C27H27FN2O4/c28-22-6-8-23(9-7-22)34-24-3-1-2-20(16-24)5-11-27(31)30-14-12-29(13-15-30)18-21-4-10-25-26(17-21)33-19-32-25/h1-4,6-10,16-17H,5,11-15,18-19H2. The van der Waals surface area contributed by atoms with Crippen molar-refractivity contribution >= 4 is 5.91 Å². The molecule has 3 aromatic rings. The van der Waals surface area contributed by atoms with Crippen molar-refractivity contribution in [2.45, 2.75) is 19.4 Å². The van der Waals surface area contributed by atoms with Crippen LogP contribution in [0.5, 0.6) is 23.0 Å². The zero-order chi connectivity index (χ0) is 23.3. The van der Waals surface area contributed by atoms with Gasteiger partial charge in [-0.05, 0) is 66.1 Å². The van der Waals surface area contributed by atoms with Crippen LogP contribution in [0.3, 0.4) is 0 Å². The quantitative estimate of drug-likeness (QED) is 0.513. The number of hydrogen-bond donors (Lipinski definition) is 0. The van der Waals surface area contributed by atoms with Gasteiger partial charge in [-0.2, -0.15) is 0 Å². The van der Waals surface area contributed by atoms with E-state index in [0.717, 1.165) is 49.8 Å². The largest absolute Gasteiger partial charge is 0.457 e. The SMILES string of the molecule is O=C(CCc1cccc(Oc2ccc(F)cc2)c1)N1CCN(Cc2ccc3c(c2)OCO3)CC1. The molecule has 0 aromatic heterocycles. The second-order valence-corrected chi connectivity index (χ2v) is 8.55. The molecular formula is C27H27FN2O4. The Hall–Kier alpha value is -3.58. The molecule has 2 aliphatic heterocycles. The monoisotopic (exact) mass is 462 g/mol. The normalized spacial score (nSPS) is 15.4. The fraction of sp³-hybridized carbons (Fsp3) is 0.296. The summed E-state index contributed by atoms with van der Waals surface area (Å²) in [7, 11) is 0. The van der Waals surface area contributed by atoms with Gasteiger partial charge >= 0.3 is 0 Å². The van der Waals surface area contributed by atoms with Crippen molar-refractivity contribution in [2.75, 3.05) is 33.0 Å². The van der Waals surface area contributed by atoms with Gasteiger partial charge in [-0.25, -0.2) is 4.39 Å². The highest BCUT2D eigenvalue weighted by Gasteiger charge is 2.22. The molecule has 0 spiro atoms. The third-order valence-corrected chi connectivity index (χ3v) is 6.14. The molecule has 1 fully saturated rings. The van der Waals surface area contributed by atoms with Crippen LogP contribution in [-0.2, 0) is 17.8 Å². The highest BCUT2D eigenvalue weighted by atomic mass is 19.1. The lowest BCUT2D eigenvalue weighted by molar-refractivity contribution is -0.133. The minimum Gasteiger partial charge on any atom is -0.457 e. The molecule has 2 heterocycles. The first kappa shape index (κ1) is 22.2. The molecule has 1 saturated heterocycles. The average Bonchev–Trinajstić information content (AvgIpc) is 3.33. The molecule has 2 aliphatic rings. The Bertz CT molecular complexity index is 1140. The van der Waals surface area contributed by atoms with E-state index in [1.165, 1.54) is 17.7 Å². The molecule has 0 N–H and O–H groups in total. The van der Waals surface area contributed by atoms with Gasteiger partial charge in [0.25, 0.3) is 0 Å². The number of carbonyl (C=O) groups excluding carboxylic acids is 1. The van der Waals surface area contributed by atoms with E-state index >= 15 is 0 Å². The van der Waals surface area contributed by atoms with E-state index in [4.69, 9.17) is 14.2 Å². The predicted molar refractivity (Wildman–Crippen MR) is 126 cm³/mol. The van der Waals surface area contributed by atoms with E-state index in [1.54, 1.807) is 12.1 Å². The lowest BCUT2D eigenvalue weighted by atomic mass is 10.1. The van der Waals surface area contributed by atoms with Crippen LogP contribution in [0.1, 0.15) is 17.5 Å². The highest BCUT2D eigenvalue weighted by Crippen LogP contribution is 2.33. The van der Waals surface area contributed by atoms with Gasteiger partial charge in [0.1, 0.15) is 17.3 Å². The number of ether oxygens (including phenoxy) is 3. The van der Waals surface area contributed by atoms with Crippen molar-refractivity contribution in [1.82, 2.24) is 9.80 Å². The number of aryl methyl sites for hydroxylation is 1. The van der Waals surface area contributed by atoms with Crippen LogP contribution in [0, 0.1) is 5.82 Å². The van der Waals surface area contributed by atoms with E-state index in [2.05, 4.69) is 11.0 Å². The fourth-order valence-electron chi connectivity index (χ4n) is 4.27. The van der Waals surface area contributed by atoms with Gasteiger partial charge in [-0.3, -0.25) is 9.69 Å². The summed E-state index contributed by atoms with van der Waals surface area (Å²) in [4.78, 5) is 17.1. The first-order chi connectivity index (χ1) is 16.6. The smallest absolute Gasteiger partial charge is 0.231 e. The van der Waals surface area contributed by atoms with Gasteiger partial charge in [0, 0.05) is 39.1 Å². The minimum atomic E-state index is -0.298. The summed E-state index contributed by atoms with van der Waals surface area (Å²) in [5.41, 5.74) is 2.22. The van der Waals surface area contributed by atoms with Crippen molar-refractivity contribution < 1.29 is 23.4 Å². The molecule has 0 bridgehead atoms. The molecule has 34 heavy (non-hydrogen) atoms. The van der Waals surface area contributed by atoms with Crippen molar-refractivity contribution in [1.29, 1.82) is 0 Å². The first-order valence-corrected chi connectivity index (χ1v) is 11.5. The maximum absolute atomic E-state index is 13.1. The lowest BCUT2D eigenvalue weighted by Crippen LogP contribution is -2.48. The molecule has 0 unspecified atom stereocenters. The Morgan fingerprint density at radius 3 is 2.47 bits per heavy atom. The van der Waals surface area contributed by atoms with E-state index in [1.807, 2.05) is 41.3 Å². The lowest BCUT2D eigenvalue weighted by Gasteiger charge is -2.35. The maximum atomic E-state index is 13.1. The number of hydrogen-bond acceptors (Lipinski definition) is 5. The molecule has 0 radical (unpaired) electrons. The van der Waals surface area contributed by atoms with E-state index in [0.29, 0.717) is 24.3 Å². The predicted octanol–water partition coefficient (Wildman–Crippen LogP) is 4.62. The number of halogens is 1. The number of nitrogens with zero attached hydrogens (tertiary/aromatic N) is 2. The van der Waals surface area contributed by atoms with Gasteiger partial charge in [-0.15, -0.1) is 0 Å². The molecule has 6 nitrogen and oxygen atoms in total. The Balaban J connectivity index is 1.08. The number of rotatable bonds is 7. The second kappa shape index (κ2) is 10.1. The summed E-state index contributed by atoms with van der Waals surface area (Å²) in [6.07, 6.45) is 1.11. The van der Waals surface area contributed by atoms with E-state index in [-0.39, 0.29) is 18.5 Å². The third-order valence-electron chi connectivity index (χ3n) is 6.14. The van der Waals surface area contributed by atoms with Gasteiger partial charge in [-0.1, -0.05) is 18.2 Å². The molecule has 5 rings (SSSR count). The fourth-order valence-corrected chi connectivity index (χ4v) is 4.27. The third kappa shape index (κ3) is 5.48. The Morgan fingerprint density at radius 2 is 1.65 bits per heavy atom. The van der Waals surface area contributed by atoms with Crippen LogP contribution in [0.15, 0.2) is 66.7 Å². The average molecular weight is 463 g/mol. The van der Waals surface area contributed by atoms with Crippen molar-refractivity contribution in [3.63, 3.8) is 0 Å². The van der Waals surface area contributed by atoms with Gasteiger partial charge in [0.15, 0.2) is 11.5 Å². The summed E-state index contributed by atoms with van der Waals surface area (Å²) in [6.45, 7) is 4.28. The van der Waals surface area contributed by atoms with Crippen LogP contribution >= 0.6 is 0 Å². The van der Waals surface area contributed by atoms with Crippen LogP contribution < -0.4 is 14.2 Å². The molecular weight excluding hydrogens is 435 g/mol. The van der Waals surface area contributed by atoms with Crippen molar-refractivity contribution in [3.8, 4) is 23.0 Å². The minimum absolute atomic E-state index is 0.174. The summed E-state index contributed by atoms with van der Waals surface area (Å²) >= 11 is 0. The van der Waals surface area contributed by atoms with E-state index in [9.17, 15) is 9.18 Å². The van der Waals surface area contributed by atoms with Crippen molar-refractivity contribution in [3.05, 3.63) is 83.7 Å². The van der Waals surface area contributed by atoms with Gasteiger partial charge in [0.2, 0.25) is 12.7 Å². The highest BCUT2D eigenvalue weighted by molar-refractivity contribution is 5.76. The summed E-state index contributed by atoms with van der Waals surface area (Å²) in [5, 5.41) is 0. The summed E-state index contributed by atoms with van der Waals surface area (Å²) in [5.74, 6) is 2.73. The summed E-state index contributed by atoms with van der Waals surface area (Å²) < 4.78 is 29.7. The number of carbonyl (C=O) groups is 1.